The summed E-state index contributed by atoms with van der Waals surface area (Å²) in [6.45, 7) is 11.4. The maximum absolute atomic E-state index is 10.6. The molecule has 3 aliphatic carbocycles. The van der Waals surface area contributed by atoms with Crippen LogP contribution >= 0.6 is 0 Å². The number of hydrogen-bond donors (Lipinski definition) is 3. The van der Waals surface area contributed by atoms with Crippen molar-refractivity contribution in [1.82, 2.24) is 0 Å². The molecule has 3 saturated carbocycles. The van der Waals surface area contributed by atoms with Gasteiger partial charge >= 0.3 is 0 Å². The van der Waals surface area contributed by atoms with Crippen LogP contribution in [-0.2, 0) is 0 Å². The molecule has 0 saturated heterocycles. The Labute approximate surface area is 176 Å². The topological polar surface area (TPSA) is 60.7 Å². The van der Waals surface area contributed by atoms with E-state index in [9.17, 15) is 10.2 Å². The normalized spacial score (nSPS) is 40.6. The van der Waals surface area contributed by atoms with E-state index in [0.29, 0.717) is 35.3 Å². The van der Waals surface area contributed by atoms with Crippen molar-refractivity contribution in [2.75, 3.05) is 6.61 Å². The third-order valence-corrected chi connectivity index (χ3v) is 8.23. The predicted molar refractivity (Wildman–Crippen MR) is 119 cm³/mol. The van der Waals surface area contributed by atoms with E-state index in [2.05, 4.69) is 39.5 Å². The summed E-state index contributed by atoms with van der Waals surface area (Å²) >= 11 is 0. The first-order valence-electron chi connectivity index (χ1n) is 11.6. The van der Waals surface area contributed by atoms with Gasteiger partial charge in [-0.25, -0.2) is 0 Å². The van der Waals surface area contributed by atoms with Crippen molar-refractivity contribution in [2.24, 2.45) is 23.2 Å². The highest BCUT2D eigenvalue weighted by atomic mass is 16.3. The largest absolute Gasteiger partial charge is 0.396 e. The Bertz CT molecular complexity index is 701. The summed E-state index contributed by atoms with van der Waals surface area (Å²) in [5, 5.41) is 30.1. The van der Waals surface area contributed by atoms with Crippen molar-refractivity contribution in [2.45, 2.75) is 84.3 Å². The molecule has 3 nitrogen and oxygen atoms in total. The molecule has 0 aliphatic heterocycles. The molecule has 3 fully saturated rings. The molecular weight excluding hydrogens is 360 g/mol. The van der Waals surface area contributed by atoms with Gasteiger partial charge in [0.05, 0.1) is 6.10 Å². The lowest BCUT2D eigenvalue weighted by atomic mass is 9.61. The number of aliphatic hydroxyl groups is 3. The second kappa shape index (κ2) is 9.32. The van der Waals surface area contributed by atoms with Gasteiger partial charge in [0.2, 0.25) is 0 Å². The molecule has 3 aliphatic rings. The Balaban J connectivity index is 1.80. The Kier molecular flexibility index (Phi) is 7.24. The van der Waals surface area contributed by atoms with E-state index in [1.165, 1.54) is 32.1 Å². The number of allylic oxidation sites excluding steroid dienone is 3. The zero-order valence-corrected chi connectivity index (χ0v) is 18.5. The van der Waals surface area contributed by atoms with Crippen molar-refractivity contribution in [3.8, 4) is 0 Å². The van der Waals surface area contributed by atoms with Crippen LogP contribution in [0.1, 0.15) is 72.1 Å². The fourth-order valence-electron chi connectivity index (χ4n) is 6.38. The van der Waals surface area contributed by atoms with Gasteiger partial charge in [-0.1, -0.05) is 57.6 Å². The predicted octanol–water partition coefficient (Wildman–Crippen LogP) is 5.09. The van der Waals surface area contributed by atoms with Crippen molar-refractivity contribution in [3.05, 3.63) is 47.1 Å². The summed E-state index contributed by atoms with van der Waals surface area (Å²) in [5.74, 6) is 2.27. The van der Waals surface area contributed by atoms with Crippen molar-refractivity contribution >= 4 is 0 Å². The Morgan fingerprint density at radius 2 is 2.00 bits per heavy atom. The molecule has 162 valence electrons. The smallest absolute Gasteiger partial charge is 0.102 e. The Hall–Kier alpha value is -1.16. The average Bonchev–Trinajstić information content (AvgIpc) is 3.06. The first-order chi connectivity index (χ1) is 13.8. The molecule has 0 aromatic heterocycles. The summed E-state index contributed by atoms with van der Waals surface area (Å²) in [5.41, 5.74) is 4.17. The molecule has 0 aromatic carbocycles. The monoisotopic (exact) mass is 400 g/mol. The van der Waals surface area contributed by atoms with Crippen molar-refractivity contribution in [3.63, 3.8) is 0 Å². The average molecular weight is 401 g/mol. The van der Waals surface area contributed by atoms with Gasteiger partial charge in [0, 0.05) is 13.0 Å². The molecule has 0 aromatic rings. The maximum Gasteiger partial charge on any atom is 0.102 e. The molecular formula is C26H40O3. The molecule has 3 rings (SSSR count). The molecule has 29 heavy (non-hydrogen) atoms. The molecule has 0 amide bonds. The minimum Gasteiger partial charge on any atom is -0.396 e. The molecule has 0 unspecified atom stereocenters. The highest BCUT2D eigenvalue weighted by molar-refractivity contribution is 5.46. The van der Waals surface area contributed by atoms with Crippen molar-refractivity contribution < 1.29 is 15.3 Å². The highest BCUT2D eigenvalue weighted by Gasteiger charge is 2.50. The summed E-state index contributed by atoms with van der Waals surface area (Å²) in [7, 11) is 0. The third-order valence-electron chi connectivity index (χ3n) is 8.23. The van der Waals surface area contributed by atoms with E-state index in [-0.39, 0.29) is 6.61 Å². The van der Waals surface area contributed by atoms with Gasteiger partial charge in [0.15, 0.2) is 0 Å². The van der Waals surface area contributed by atoms with E-state index in [0.717, 1.165) is 23.8 Å². The third kappa shape index (κ3) is 4.33. The lowest BCUT2D eigenvalue weighted by molar-refractivity contribution is 0.0961. The first-order valence-corrected chi connectivity index (χ1v) is 11.6. The van der Waals surface area contributed by atoms with Gasteiger partial charge in [0.1, 0.15) is 6.10 Å². The molecule has 0 spiro atoms. The lowest BCUT2D eigenvalue weighted by Gasteiger charge is -2.44. The first kappa shape index (κ1) is 22.5. The minimum atomic E-state index is -0.854. The number of rotatable bonds is 5. The number of fused-ring (bicyclic) bond motifs is 1. The van der Waals surface area contributed by atoms with Crippen LogP contribution < -0.4 is 0 Å². The van der Waals surface area contributed by atoms with E-state index in [1.807, 2.05) is 0 Å². The van der Waals surface area contributed by atoms with E-state index >= 15 is 0 Å². The summed E-state index contributed by atoms with van der Waals surface area (Å²) in [6, 6.07) is 0. The van der Waals surface area contributed by atoms with Crippen molar-refractivity contribution in [1.29, 1.82) is 0 Å². The van der Waals surface area contributed by atoms with E-state index < -0.39 is 12.2 Å². The summed E-state index contributed by atoms with van der Waals surface area (Å²) in [4.78, 5) is 0. The van der Waals surface area contributed by atoms with Gasteiger partial charge in [0.25, 0.3) is 0 Å². The Morgan fingerprint density at radius 1 is 1.24 bits per heavy atom. The minimum absolute atomic E-state index is 0.0159. The van der Waals surface area contributed by atoms with Crippen LogP contribution in [0.3, 0.4) is 0 Å². The molecule has 0 bridgehead atoms. The highest BCUT2D eigenvalue weighted by Crippen LogP contribution is 2.59. The van der Waals surface area contributed by atoms with Gasteiger partial charge in [-0.15, -0.1) is 0 Å². The molecule has 3 N–H and O–H groups in total. The zero-order valence-electron chi connectivity index (χ0n) is 18.5. The molecule has 6 atom stereocenters. The van der Waals surface area contributed by atoms with Gasteiger partial charge in [-0.3, -0.25) is 0 Å². The Morgan fingerprint density at radius 3 is 2.69 bits per heavy atom. The van der Waals surface area contributed by atoms with Gasteiger partial charge < -0.3 is 15.3 Å². The van der Waals surface area contributed by atoms with Gasteiger partial charge in [-0.2, -0.15) is 0 Å². The fraction of sp³-hybridized carbons (Fsp3) is 0.692. The van der Waals surface area contributed by atoms with E-state index in [4.69, 9.17) is 5.11 Å². The molecule has 3 heteroatoms. The van der Waals surface area contributed by atoms with Crippen LogP contribution in [0.15, 0.2) is 47.1 Å². The van der Waals surface area contributed by atoms with Gasteiger partial charge in [-0.05, 0) is 78.4 Å². The van der Waals surface area contributed by atoms with Crippen LogP contribution in [0.4, 0.5) is 0 Å². The van der Waals surface area contributed by atoms with Crippen LogP contribution in [0.5, 0.6) is 0 Å². The number of aliphatic hydroxyl groups excluding tert-OH is 3. The SMILES string of the molecule is C=C1/C(=C\C=C2/CCC[C@]3(C)[C@@H]([C@H](C)CC)CC[C@@H]23)C[C@@H](O)/C(=C\CCO)[C@@H]1O. The second-order valence-electron chi connectivity index (χ2n) is 9.78. The quantitative estimate of drug-likeness (QED) is 0.563. The molecule has 0 heterocycles. The van der Waals surface area contributed by atoms with E-state index in [1.54, 1.807) is 11.6 Å². The fourth-order valence-corrected chi connectivity index (χ4v) is 6.38. The standard InChI is InChI=1S/C26H40O3/c1-5-17(2)22-12-13-23-19(8-6-14-26(22,23)4)10-11-20-16-24(28)21(9-7-15-27)25(29)18(20)3/h9-11,17,22-25,27-29H,3,5-8,12-16H2,1-2,4H3/b19-10+,20-11-,21-9+/t17-,22-,23+,24-,25-,26-/m1/s1. The van der Waals surface area contributed by atoms with Crippen LogP contribution in [0.2, 0.25) is 0 Å². The lowest BCUT2D eigenvalue weighted by Crippen LogP contribution is -2.35. The maximum atomic E-state index is 10.6. The van der Waals surface area contributed by atoms with Crippen LogP contribution in [0.25, 0.3) is 0 Å². The summed E-state index contributed by atoms with van der Waals surface area (Å²) in [6.07, 6.45) is 13.2. The van der Waals surface area contributed by atoms with Crippen LogP contribution in [-0.4, -0.2) is 34.1 Å². The summed E-state index contributed by atoms with van der Waals surface area (Å²) < 4.78 is 0. The van der Waals surface area contributed by atoms with Crippen LogP contribution in [0, 0.1) is 23.2 Å². The second-order valence-corrected chi connectivity index (χ2v) is 9.78. The molecule has 0 radical (unpaired) electrons. The zero-order chi connectivity index (χ0) is 21.2. The number of hydrogen-bond acceptors (Lipinski definition) is 3.